The first-order valence-electron chi connectivity index (χ1n) is 7.93. The number of carbonyl (C=O) groups is 2. The molecule has 1 saturated carbocycles. The molecule has 2 unspecified atom stereocenters. The summed E-state index contributed by atoms with van der Waals surface area (Å²) in [4.78, 5) is 26.3. The highest BCUT2D eigenvalue weighted by Crippen LogP contribution is 2.43. The summed E-state index contributed by atoms with van der Waals surface area (Å²) >= 11 is 0. The highest BCUT2D eigenvalue weighted by Gasteiger charge is 2.60. The van der Waals surface area contributed by atoms with Crippen molar-refractivity contribution in [1.82, 2.24) is 4.90 Å². The SMILES string of the molecule is O=C1C2OC3(CCCCC3)OC2C(=O)N1Cc1ccccc1. The second kappa shape index (κ2) is 5.18. The molecule has 1 aliphatic carbocycles. The molecule has 2 aliphatic heterocycles. The van der Waals surface area contributed by atoms with Crippen LogP contribution in [0.3, 0.4) is 0 Å². The number of benzene rings is 1. The molecule has 2 heterocycles. The number of likely N-dealkylation sites (tertiary alicyclic amines) is 1. The van der Waals surface area contributed by atoms with Gasteiger partial charge < -0.3 is 9.47 Å². The molecule has 4 rings (SSSR count). The van der Waals surface area contributed by atoms with Gasteiger partial charge in [-0.25, -0.2) is 0 Å². The summed E-state index contributed by atoms with van der Waals surface area (Å²) in [5.74, 6) is -1.22. The Morgan fingerprint density at radius 1 is 0.955 bits per heavy atom. The van der Waals surface area contributed by atoms with E-state index in [2.05, 4.69) is 0 Å². The third-order valence-corrected chi connectivity index (χ3v) is 4.78. The summed E-state index contributed by atoms with van der Waals surface area (Å²) in [5.41, 5.74) is 0.927. The number of hydrogen-bond acceptors (Lipinski definition) is 4. The van der Waals surface area contributed by atoms with E-state index in [9.17, 15) is 9.59 Å². The van der Waals surface area contributed by atoms with Crippen molar-refractivity contribution in [2.45, 2.75) is 56.6 Å². The fourth-order valence-corrected chi connectivity index (χ4v) is 3.64. The highest BCUT2D eigenvalue weighted by molar-refractivity contribution is 6.08. The predicted octanol–water partition coefficient (Wildman–Crippen LogP) is 2.00. The number of amides is 2. The van der Waals surface area contributed by atoms with Crippen LogP contribution in [0, 0.1) is 0 Å². The molecule has 1 aromatic carbocycles. The average molecular weight is 301 g/mol. The number of carbonyl (C=O) groups excluding carboxylic acids is 2. The zero-order valence-electron chi connectivity index (χ0n) is 12.4. The molecule has 2 atom stereocenters. The van der Waals surface area contributed by atoms with Crippen molar-refractivity contribution in [3.8, 4) is 0 Å². The van der Waals surface area contributed by atoms with Gasteiger partial charge in [0.2, 0.25) is 0 Å². The Morgan fingerprint density at radius 2 is 1.55 bits per heavy atom. The van der Waals surface area contributed by atoms with Gasteiger partial charge in [0, 0.05) is 12.8 Å². The monoisotopic (exact) mass is 301 g/mol. The van der Waals surface area contributed by atoms with Crippen LogP contribution in [0.1, 0.15) is 37.7 Å². The lowest BCUT2D eigenvalue weighted by Gasteiger charge is -2.32. The van der Waals surface area contributed by atoms with E-state index in [0.29, 0.717) is 0 Å². The summed E-state index contributed by atoms with van der Waals surface area (Å²) in [7, 11) is 0. The van der Waals surface area contributed by atoms with Gasteiger partial charge in [0.1, 0.15) is 0 Å². The summed E-state index contributed by atoms with van der Waals surface area (Å²) < 4.78 is 11.9. The van der Waals surface area contributed by atoms with Crippen LogP contribution in [0.15, 0.2) is 30.3 Å². The zero-order chi connectivity index (χ0) is 15.2. The first-order chi connectivity index (χ1) is 10.7. The largest absolute Gasteiger partial charge is 0.333 e. The van der Waals surface area contributed by atoms with Crippen LogP contribution in [0.5, 0.6) is 0 Å². The van der Waals surface area contributed by atoms with Crippen molar-refractivity contribution in [3.05, 3.63) is 35.9 Å². The van der Waals surface area contributed by atoms with Gasteiger partial charge in [-0.15, -0.1) is 0 Å². The van der Waals surface area contributed by atoms with E-state index in [4.69, 9.17) is 9.47 Å². The molecule has 116 valence electrons. The summed E-state index contributed by atoms with van der Waals surface area (Å²) in [6, 6.07) is 9.50. The topological polar surface area (TPSA) is 55.8 Å². The van der Waals surface area contributed by atoms with E-state index in [1.165, 1.54) is 4.90 Å². The minimum atomic E-state index is -0.755. The fourth-order valence-electron chi connectivity index (χ4n) is 3.64. The van der Waals surface area contributed by atoms with Gasteiger partial charge in [-0.05, 0) is 18.4 Å². The molecule has 0 N–H and O–H groups in total. The van der Waals surface area contributed by atoms with Gasteiger partial charge in [0.05, 0.1) is 6.54 Å². The Balaban J connectivity index is 1.52. The number of nitrogens with zero attached hydrogens (tertiary/aromatic N) is 1. The molecular formula is C17H19NO4. The van der Waals surface area contributed by atoms with Crippen molar-refractivity contribution in [1.29, 1.82) is 0 Å². The van der Waals surface area contributed by atoms with E-state index in [1.54, 1.807) is 0 Å². The van der Waals surface area contributed by atoms with Crippen molar-refractivity contribution < 1.29 is 19.1 Å². The normalized spacial score (nSPS) is 30.1. The number of fused-ring (bicyclic) bond motifs is 1. The molecule has 0 radical (unpaired) electrons. The third-order valence-electron chi connectivity index (χ3n) is 4.78. The van der Waals surface area contributed by atoms with Crippen LogP contribution >= 0.6 is 0 Å². The number of imide groups is 1. The van der Waals surface area contributed by atoms with Crippen LogP contribution in [0.2, 0.25) is 0 Å². The molecule has 3 aliphatic rings. The Morgan fingerprint density at radius 3 is 2.14 bits per heavy atom. The molecule has 0 bridgehead atoms. The second-order valence-electron chi connectivity index (χ2n) is 6.30. The molecule has 1 spiro atoms. The first kappa shape index (κ1) is 13.9. The average Bonchev–Trinajstić information content (AvgIpc) is 3.00. The summed E-state index contributed by atoms with van der Waals surface area (Å²) in [5, 5.41) is 0. The number of rotatable bonds is 2. The Bertz CT molecular complexity index is 568. The van der Waals surface area contributed by atoms with Crippen LogP contribution in [-0.2, 0) is 25.6 Å². The first-order valence-corrected chi connectivity index (χ1v) is 7.93. The van der Waals surface area contributed by atoms with Crippen molar-refractivity contribution >= 4 is 11.8 Å². The fraction of sp³-hybridized carbons (Fsp3) is 0.529. The van der Waals surface area contributed by atoms with E-state index in [0.717, 1.165) is 37.7 Å². The van der Waals surface area contributed by atoms with Crippen LogP contribution in [0.25, 0.3) is 0 Å². The van der Waals surface area contributed by atoms with Gasteiger partial charge in [-0.1, -0.05) is 36.8 Å². The van der Waals surface area contributed by atoms with Gasteiger partial charge in [-0.2, -0.15) is 0 Å². The molecule has 0 aromatic heterocycles. The maximum atomic E-state index is 12.5. The smallest absolute Gasteiger partial charge is 0.262 e. The molecule has 5 nitrogen and oxygen atoms in total. The van der Waals surface area contributed by atoms with Crippen molar-refractivity contribution in [2.75, 3.05) is 0 Å². The van der Waals surface area contributed by atoms with E-state index in [-0.39, 0.29) is 18.4 Å². The minimum absolute atomic E-state index is 0.263. The van der Waals surface area contributed by atoms with Gasteiger partial charge in [0.15, 0.2) is 18.0 Å². The van der Waals surface area contributed by atoms with Crippen molar-refractivity contribution in [3.63, 3.8) is 0 Å². The quantitative estimate of drug-likeness (QED) is 0.784. The Hall–Kier alpha value is -1.72. The summed E-state index contributed by atoms with van der Waals surface area (Å²) in [6.45, 7) is 0.283. The van der Waals surface area contributed by atoms with Crippen molar-refractivity contribution in [2.24, 2.45) is 0 Å². The van der Waals surface area contributed by atoms with E-state index in [1.807, 2.05) is 30.3 Å². The maximum Gasteiger partial charge on any atom is 0.262 e. The number of hydrogen-bond donors (Lipinski definition) is 0. The van der Waals surface area contributed by atoms with Crippen LogP contribution in [-0.4, -0.2) is 34.7 Å². The van der Waals surface area contributed by atoms with E-state index < -0.39 is 18.0 Å². The molecule has 1 aromatic rings. The highest BCUT2D eigenvalue weighted by atomic mass is 16.8. The van der Waals surface area contributed by atoms with Crippen LogP contribution in [0.4, 0.5) is 0 Å². The number of ether oxygens (including phenoxy) is 2. The third kappa shape index (κ3) is 2.16. The molecule has 2 amide bonds. The zero-order valence-corrected chi connectivity index (χ0v) is 12.4. The lowest BCUT2D eigenvalue weighted by atomic mass is 9.94. The molecule has 3 fully saturated rings. The lowest BCUT2D eigenvalue weighted by molar-refractivity contribution is -0.205. The summed E-state index contributed by atoms with van der Waals surface area (Å²) in [6.07, 6.45) is 3.25. The Kier molecular flexibility index (Phi) is 3.27. The molecule has 22 heavy (non-hydrogen) atoms. The lowest BCUT2D eigenvalue weighted by Crippen LogP contribution is -2.40. The van der Waals surface area contributed by atoms with Gasteiger partial charge in [-0.3, -0.25) is 14.5 Å². The standard InChI is InChI=1S/C17H19NO4/c19-15-13-14(22-17(21-13)9-5-2-6-10-17)16(20)18(15)11-12-7-3-1-4-8-12/h1,3-4,7-8,13-14H,2,5-6,9-11H2. The predicted molar refractivity (Wildman–Crippen MR) is 77.6 cm³/mol. The molecular weight excluding hydrogens is 282 g/mol. The van der Waals surface area contributed by atoms with Crippen LogP contribution < -0.4 is 0 Å². The molecule has 5 heteroatoms. The second-order valence-corrected chi connectivity index (χ2v) is 6.30. The van der Waals surface area contributed by atoms with E-state index >= 15 is 0 Å². The Labute approximate surface area is 129 Å². The molecule has 2 saturated heterocycles. The van der Waals surface area contributed by atoms with Gasteiger partial charge in [0.25, 0.3) is 11.8 Å². The van der Waals surface area contributed by atoms with Gasteiger partial charge >= 0.3 is 0 Å². The maximum absolute atomic E-state index is 12.5. The minimum Gasteiger partial charge on any atom is -0.333 e.